The molecule has 1 saturated heterocycles. The Labute approximate surface area is 247 Å². The zero-order valence-electron chi connectivity index (χ0n) is 25.5. The number of likely N-dealkylation sites (tertiary alicyclic amines) is 1. The molecular formula is C30H47N5O7. The normalized spacial score (nSPS) is 27.5. The van der Waals surface area contributed by atoms with Gasteiger partial charge in [-0.1, -0.05) is 73.1 Å². The summed E-state index contributed by atoms with van der Waals surface area (Å²) < 4.78 is 0. The van der Waals surface area contributed by atoms with E-state index < -0.39 is 64.6 Å². The van der Waals surface area contributed by atoms with Crippen molar-refractivity contribution in [3.05, 3.63) is 0 Å². The molecule has 1 unspecified atom stereocenters. The number of fused-ring (bicyclic) bond motifs is 1. The van der Waals surface area contributed by atoms with E-state index in [0.717, 1.165) is 25.7 Å². The van der Waals surface area contributed by atoms with Gasteiger partial charge in [-0.25, -0.2) is 9.59 Å². The summed E-state index contributed by atoms with van der Waals surface area (Å²) in [6.45, 7) is 9.75. The third-order valence-corrected chi connectivity index (χ3v) is 10.3. The minimum Gasteiger partial charge on any atom is -0.480 e. The smallest absolute Gasteiger partial charge is 0.329 e. The van der Waals surface area contributed by atoms with Gasteiger partial charge in [0.15, 0.2) is 0 Å². The maximum atomic E-state index is 14.1. The van der Waals surface area contributed by atoms with Crippen LogP contribution >= 0.6 is 0 Å². The number of amides is 5. The number of carbonyl (C=O) groups excluding carboxylic acids is 5. The van der Waals surface area contributed by atoms with Crippen molar-refractivity contribution in [2.24, 2.45) is 34.3 Å². The number of urea groups is 1. The fourth-order valence-electron chi connectivity index (χ4n) is 7.28. The van der Waals surface area contributed by atoms with Crippen LogP contribution in [0.25, 0.3) is 0 Å². The summed E-state index contributed by atoms with van der Waals surface area (Å²) >= 11 is 0. The van der Waals surface area contributed by atoms with Crippen LogP contribution in [0.3, 0.4) is 0 Å². The van der Waals surface area contributed by atoms with Gasteiger partial charge >= 0.3 is 12.0 Å². The SMILES string of the molecule is CC(C)(C)[C@H](NC(=O)NC1(C(=O)O)CCCCC1)C(=O)N1C[C@H]2[C@@H]([C@H]1C(=O)NC(CC1CCC1)C(=O)C(N)=O)C2(C)C. The Morgan fingerprint density at radius 3 is 2.10 bits per heavy atom. The number of rotatable bonds is 10. The van der Waals surface area contributed by atoms with Gasteiger partial charge in [0.25, 0.3) is 5.91 Å². The summed E-state index contributed by atoms with van der Waals surface area (Å²) in [5, 5.41) is 18.0. The molecular weight excluding hydrogens is 542 g/mol. The summed E-state index contributed by atoms with van der Waals surface area (Å²) in [6.07, 6.45) is 6.04. The first-order valence-corrected chi connectivity index (χ1v) is 15.3. The lowest BCUT2D eigenvalue weighted by Crippen LogP contribution is -2.64. The first kappa shape index (κ1) is 31.7. The number of carbonyl (C=O) groups is 6. The minimum atomic E-state index is -1.39. The van der Waals surface area contributed by atoms with Crippen molar-refractivity contribution in [1.82, 2.24) is 20.9 Å². The number of carboxylic acids is 1. The Morgan fingerprint density at radius 2 is 1.60 bits per heavy atom. The highest BCUT2D eigenvalue weighted by Gasteiger charge is 2.70. The number of primary amides is 1. The number of nitrogens with two attached hydrogens (primary N) is 1. The molecule has 3 aliphatic carbocycles. The van der Waals surface area contributed by atoms with E-state index in [1.807, 2.05) is 13.8 Å². The average Bonchev–Trinajstić information content (AvgIpc) is 3.20. The second kappa shape index (κ2) is 11.5. The highest BCUT2D eigenvalue weighted by Crippen LogP contribution is 2.65. The number of aliphatic carboxylic acids is 1. The van der Waals surface area contributed by atoms with Gasteiger partial charge in [0, 0.05) is 6.54 Å². The predicted octanol–water partition coefficient (Wildman–Crippen LogP) is 1.70. The zero-order chi connectivity index (χ0) is 31.2. The van der Waals surface area contributed by atoms with Crippen LogP contribution in [0, 0.1) is 28.6 Å². The van der Waals surface area contributed by atoms with Gasteiger partial charge < -0.3 is 31.7 Å². The highest BCUT2D eigenvalue weighted by atomic mass is 16.4. The molecule has 5 atom stereocenters. The van der Waals surface area contributed by atoms with Crippen LogP contribution in [0.2, 0.25) is 0 Å². The molecule has 4 rings (SSSR count). The van der Waals surface area contributed by atoms with Crippen molar-refractivity contribution in [2.75, 3.05) is 6.54 Å². The molecule has 0 spiro atoms. The van der Waals surface area contributed by atoms with Crippen molar-refractivity contribution < 1.29 is 33.9 Å². The minimum absolute atomic E-state index is 0.0566. The lowest BCUT2D eigenvalue weighted by molar-refractivity contribution is -0.146. The Morgan fingerprint density at radius 1 is 0.976 bits per heavy atom. The number of ketones is 1. The Bertz CT molecular complexity index is 1140. The van der Waals surface area contributed by atoms with E-state index in [1.54, 1.807) is 20.8 Å². The van der Waals surface area contributed by atoms with Gasteiger partial charge in [0.05, 0.1) is 6.04 Å². The molecule has 42 heavy (non-hydrogen) atoms. The van der Waals surface area contributed by atoms with Gasteiger partial charge in [-0.05, 0) is 47.8 Å². The van der Waals surface area contributed by atoms with Crippen LogP contribution in [-0.2, 0) is 24.0 Å². The number of hydrogen-bond donors (Lipinski definition) is 5. The number of nitrogens with one attached hydrogen (secondary N) is 3. The summed E-state index contributed by atoms with van der Waals surface area (Å²) in [7, 11) is 0. The van der Waals surface area contributed by atoms with E-state index in [9.17, 15) is 33.9 Å². The largest absolute Gasteiger partial charge is 0.480 e. The maximum absolute atomic E-state index is 14.1. The van der Waals surface area contributed by atoms with Crippen LogP contribution in [0.5, 0.6) is 0 Å². The van der Waals surface area contributed by atoms with E-state index in [0.29, 0.717) is 38.6 Å². The lowest BCUT2D eigenvalue weighted by Gasteiger charge is -2.39. The molecule has 6 N–H and O–H groups in total. The number of nitrogens with zero attached hydrogens (tertiary/aromatic N) is 1. The van der Waals surface area contributed by atoms with Crippen molar-refractivity contribution in [3.8, 4) is 0 Å². The molecule has 5 amide bonds. The van der Waals surface area contributed by atoms with Crippen molar-refractivity contribution in [2.45, 2.75) is 116 Å². The van der Waals surface area contributed by atoms with Crippen molar-refractivity contribution in [3.63, 3.8) is 0 Å². The Hall–Kier alpha value is -3.18. The number of hydrogen-bond acceptors (Lipinski definition) is 6. The van der Waals surface area contributed by atoms with Crippen molar-refractivity contribution >= 4 is 35.5 Å². The van der Waals surface area contributed by atoms with Crippen LogP contribution in [0.1, 0.15) is 92.4 Å². The number of piperidine rings is 1. The van der Waals surface area contributed by atoms with Crippen LogP contribution in [0.15, 0.2) is 0 Å². The summed E-state index contributed by atoms with van der Waals surface area (Å²) in [4.78, 5) is 79.1. The predicted molar refractivity (Wildman–Crippen MR) is 153 cm³/mol. The second-order valence-corrected chi connectivity index (χ2v) is 14.6. The Balaban J connectivity index is 1.54. The third kappa shape index (κ3) is 6.13. The van der Waals surface area contributed by atoms with Gasteiger partial charge in [0.1, 0.15) is 17.6 Å². The highest BCUT2D eigenvalue weighted by molar-refractivity contribution is 6.37. The number of carboxylic acid groups (broad SMARTS) is 1. The van der Waals surface area contributed by atoms with E-state index in [4.69, 9.17) is 5.73 Å². The van der Waals surface area contributed by atoms with Gasteiger partial charge in [-0.15, -0.1) is 0 Å². The standard InChI is InChI=1S/C30H47N5O7/c1-28(2,3)22(33-27(42)34-30(26(40)41)12-7-6-8-13-30)25(39)35-15-17-19(29(17,4)5)20(35)24(38)32-18(21(36)23(31)37)14-16-10-9-11-16/h16-20,22H,6-15H2,1-5H3,(H2,31,37)(H,32,38)(H,40,41)(H2,33,34,42)/t17-,18?,19-,20-,22+/m0/s1. The molecule has 0 bridgehead atoms. The molecule has 4 aliphatic rings. The zero-order valence-corrected chi connectivity index (χ0v) is 25.5. The molecule has 4 fully saturated rings. The van der Waals surface area contributed by atoms with Crippen LogP contribution < -0.4 is 21.7 Å². The molecule has 3 saturated carbocycles. The molecule has 234 valence electrons. The molecule has 0 aromatic heterocycles. The molecule has 0 aromatic carbocycles. The fourth-order valence-corrected chi connectivity index (χ4v) is 7.28. The molecule has 0 radical (unpaired) electrons. The molecule has 0 aromatic rings. The topological polar surface area (TPSA) is 188 Å². The fraction of sp³-hybridized carbons (Fsp3) is 0.800. The summed E-state index contributed by atoms with van der Waals surface area (Å²) in [5.74, 6) is -3.90. The molecule has 12 heteroatoms. The van der Waals surface area contributed by atoms with Gasteiger partial charge in [0.2, 0.25) is 17.6 Å². The molecule has 1 heterocycles. The molecule has 12 nitrogen and oxygen atoms in total. The van der Waals surface area contributed by atoms with E-state index in [-0.39, 0.29) is 23.2 Å². The van der Waals surface area contributed by atoms with E-state index >= 15 is 0 Å². The second-order valence-electron chi connectivity index (χ2n) is 14.6. The van der Waals surface area contributed by atoms with Crippen LogP contribution in [0.4, 0.5) is 4.79 Å². The van der Waals surface area contributed by atoms with Gasteiger partial charge in [-0.2, -0.15) is 0 Å². The summed E-state index contributed by atoms with van der Waals surface area (Å²) in [5.41, 5.74) is 2.94. The van der Waals surface area contributed by atoms with E-state index in [2.05, 4.69) is 16.0 Å². The molecule has 1 aliphatic heterocycles. The van der Waals surface area contributed by atoms with Crippen molar-refractivity contribution in [1.29, 1.82) is 0 Å². The first-order chi connectivity index (χ1) is 19.5. The van der Waals surface area contributed by atoms with Gasteiger partial charge in [-0.3, -0.25) is 19.2 Å². The number of Topliss-reactive ketones (excluding diaryl/α,β-unsaturated/α-hetero) is 1. The van der Waals surface area contributed by atoms with Crippen LogP contribution in [-0.4, -0.2) is 75.7 Å². The quantitative estimate of drug-likeness (QED) is 0.240. The summed E-state index contributed by atoms with van der Waals surface area (Å²) in [6, 6.07) is -3.74. The third-order valence-electron chi connectivity index (χ3n) is 10.3. The monoisotopic (exact) mass is 589 g/mol. The lowest BCUT2D eigenvalue weighted by atomic mass is 9.80. The average molecular weight is 590 g/mol. The maximum Gasteiger partial charge on any atom is 0.329 e. The van der Waals surface area contributed by atoms with E-state index in [1.165, 1.54) is 4.90 Å². The first-order valence-electron chi connectivity index (χ1n) is 15.3. The Kier molecular flexibility index (Phi) is 8.68.